The molecule has 1 heterocycles. The van der Waals surface area contributed by atoms with Gasteiger partial charge in [-0.3, -0.25) is 0 Å². The molecule has 0 aliphatic carbocycles. The Morgan fingerprint density at radius 3 is 2.39 bits per heavy atom. The highest BCUT2D eigenvalue weighted by Gasteiger charge is 2.10. The summed E-state index contributed by atoms with van der Waals surface area (Å²) in [6.45, 7) is 3.75. The Bertz CT molecular complexity index is 793. The molecule has 0 N–H and O–H groups in total. The predicted molar refractivity (Wildman–Crippen MR) is 98.9 cm³/mol. The molecule has 0 aliphatic rings. The average Bonchev–Trinajstić information content (AvgIpc) is 2.97. The topological polar surface area (TPSA) is 23.4 Å². The van der Waals surface area contributed by atoms with Crippen molar-refractivity contribution in [2.45, 2.75) is 13.5 Å². The van der Waals surface area contributed by atoms with Crippen LogP contribution in [0.3, 0.4) is 0 Å². The Kier molecular flexibility index (Phi) is 4.91. The van der Waals surface area contributed by atoms with Crippen molar-refractivity contribution in [3.05, 3.63) is 48.5 Å². The molecule has 0 fully saturated rings. The first-order valence-electron chi connectivity index (χ1n) is 7.73. The van der Waals surface area contributed by atoms with Crippen LogP contribution in [0, 0.1) is 0 Å². The molecule has 0 saturated heterocycles. The number of alkyl halides is 1. The van der Waals surface area contributed by atoms with E-state index >= 15 is 0 Å². The zero-order valence-corrected chi connectivity index (χ0v) is 15.0. The monoisotopic (exact) mass is 373 g/mol. The van der Waals surface area contributed by atoms with E-state index in [0.717, 1.165) is 23.4 Å². The average molecular weight is 374 g/mol. The van der Waals surface area contributed by atoms with Gasteiger partial charge in [-0.15, -0.1) is 0 Å². The number of nitrogens with zero attached hydrogens (tertiary/aromatic N) is 1. The molecule has 23 heavy (non-hydrogen) atoms. The van der Waals surface area contributed by atoms with Crippen molar-refractivity contribution in [1.29, 1.82) is 0 Å². The van der Waals surface area contributed by atoms with E-state index in [2.05, 4.69) is 57.8 Å². The fourth-order valence-corrected chi connectivity index (χ4v) is 2.98. The molecule has 0 bridgehead atoms. The number of hydrogen-bond donors (Lipinski definition) is 0. The van der Waals surface area contributed by atoms with Gasteiger partial charge in [-0.1, -0.05) is 15.9 Å². The lowest BCUT2D eigenvalue weighted by atomic mass is 10.1. The molecule has 0 aliphatic heterocycles. The summed E-state index contributed by atoms with van der Waals surface area (Å²) in [4.78, 5) is 0. The van der Waals surface area contributed by atoms with Crippen molar-refractivity contribution < 1.29 is 9.47 Å². The number of halogens is 1. The van der Waals surface area contributed by atoms with Crippen LogP contribution in [0.25, 0.3) is 22.2 Å². The molecular weight excluding hydrogens is 354 g/mol. The van der Waals surface area contributed by atoms with Crippen molar-refractivity contribution >= 4 is 26.8 Å². The van der Waals surface area contributed by atoms with Gasteiger partial charge in [0.1, 0.15) is 11.5 Å². The molecule has 3 rings (SSSR count). The van der Waals surface area contributed by atoms with Gasteiger partial charge in [0.25, 0.3) is 0 Å². The lowest BCUT2D eigenvalue weighted by Gasteiger charge is -2.10. The normalized spacial score (nSPS) is 10.9. The number of hydrogen-bond acceptors (Lipinski definition) is 2. The molecule has 0 saturated carbocycles. The first kappa shape index (κ1) is 15.9. The maximum Gasteiger partial charge on any atom is 0.120 e. The Morgan fingerprint density at radius 1 is 1.00 bits per heavy atom. The van der Waals surface area contributed by atoms with Crippen LogP contribution >= 0.6 is 15.9 Å². The van der Waals surface area contributed by atoms with Gasteiger partial charge in [-0.2, -0.15) is 0 Å². The van der Waals surface area contributed by atoms with Crippen LogP contribution in [0.1, 0.15) is 6.92 Å². The van der Waals surface area contributed by atoms with Gasteiger partial charge in [0.15, 0.2) is 0 Å². The second kappa shape index (κ2) is 7.09. The standard InChI is InChI=1S/C19H20BrNO2/c1-3-21-18(12-15-6-9-17(22-2)13-19(15)21)14-4-7-16(8-5-14)23-11-10-20/h4-9,12-13H,3,10-11H2,1-2H3. The number of methoxy groups -OCH3 is 1. The minimum atomic E-state index is 0.675. The lowest BCUT2D eigenvalue weighted by Crippen LogP contribution is -1.98. The number of ether oxygens (including phenoxy) is 2. The van der Waals surface area contributed by atoms with E-state index in [1.165, 1.54) is 22.2 Å². The summed E-state index contributed by atoms with van der Waals surface area (Å²) < 4.78 is 13.3. The van der Waals surface area contributed by atoms with Crippen LogP contribution in [0.2, 0.25) is 0 Å². The van der Waals surface area contributed by atoms with Gasteiger partial charge in [0.2, 0.25) is 0 Å². The Hall–Kier alpha value is -1.94. The first-order valence-corrected chi connectivity index (χ1v) is 8.85. The minimum Gasteiger partial charge on any atom is -0.497 e. The summed E-state index contributed by atoms with van der Waals surface area (Å²) in [5.74, 6) is 1.78. The Balaban J connectivity index is 2.01. The molecule has 3 nitrogen and oxygen atoms in total. The molecule has 0 spiro atoms. The predicted octanol–water partition coefficient (Wildman–Crippen LogP) is 5.11. The third-order valence-electron chi connectivity index (χ3n) is 3.92. The minimum absolute atomic E-state index is 0.675. The van der Waals surface area contributed by atoms with Gasteiger partial charge in [0.05, 0.1) is 19.2 Å². The van der Waals surface area contributed by atoms with Crippen LogP contribution in [0.4, 0.5) is 0 Å². The second-order valence-corrected chi connectivity index (χ2v) is 6.05. The van der Waals surface area contributed by atoms with Crippen LogP contribution in [0.5, 0.6) is 11.5 Å². The fourth-order valence-electron chi connectivity index (χ4n) is 2.82. The van der Waals surface area contributed by atoms with E-state index in [-0.39, 0.29) is 0 Å². The quantitative estimate of drug-likeness (QED) is 0.560. The Morgan fingerprint density at radius 2 is 1.74 bits per heavy atom. The Labute approximate surface area is 145 Å². The SMILES string of the molecule is CCn1c(-c2ccc(OCCBr)cc2)cc2ccc(OC)cc21. The van der Waals surface area contributed by atoms with E-state index in [0.29, 0.717) is 6.61 Å². The van der Waals surface area contributed by atoms with Crippen LogP contribution in [-0.4, -0.2) is 23.6 Å². The van der Waals surface area contributed by atoms with E-state index in [4.69, 9.17) is 9.47 Å². The molecular formula is C19H20BrNO2. The van der Waals surface area contributed by atoms with Crippen molar-refractivity contribution in [1.82, 2.24) is 4.57 Å². The van der Waals surface area contributed by atoms with Gasteiger partial charge in [-0.25, -0.2) is 0 Å². The highest BCUT2D eigenvalue weighted by molar-refractivity contribution is 9.09. The summed E-state index contributed by atoms with van der Waals surface area (Å²) in [5.41, 5.74) is 3.59. The van der Waals surface area contributed by atoms with Crippen molar-refractivity contribution in [2.75, 3.05) is 19.0 Å². The lowest BCUT2D eigenvalue weighted by molar-refractivity contribution is 0.345. The maximum absolute atomic E-state index is 5.62. The zero-order chi connectivity index (χ0) is 16.2. The largest absolute Gasteiger partial charge is 0.497 e. The van der Waals surface area contributed by atoms with Gasteiger partial charge >= 0.3 is 0 Å². The molecule has 0 radical (unpaired) electrons. The van der Waals surface area contributed by atoms with E-state index in [1.807, 2.05) is 18.2 Å². The van der Waals surface area contributed by atoms with Crippen LogP contribution < -0.4 is 9.47 Å². The highest BCUT2D eigenvalue weighted by atomic mass is 79.9. The van der Waals surface area contributed by atoms with Gasteiger partial charge in [0, 0.05) is 29.0 Å². The molecule has 3 aromatic rings. The second-order valence-electron chi connectivity index (χ2n) is 5.26. The maximum atomic E-state index is 5.62. The fraction of sp³-hybridized carbons (Fsp3) is 0.263. The highest BCUT2D eigenvalue weighted by Crippen LogP contribution is 2.31. The molecule has 2 aromatic carbocycles. The van der Waals surface area contributed by atoms with Gasteiger partial charge < -0.3 is 14.0 Å². The third-order valence-corrected chi connectivity index (χ3v) is 4.25. The number of rotatable bonds is 6. The summed E-state index contributed by atoms with van der Waals surface area (Å²) in [5, 5.41) is 2.06. The van der Waals surface area contributed by atoms with E-state index in [9.17, 15) is 0 Å². The number of fused-ring (bicyclic) bond motifs is 1. The third kappa shape index (κ3) is 3.22. The smallest absolute Gasteiger partial charge is 0.120 e. The van der Waals surface area contributed by atoms with Crippen LogP contribution in [0.15, 0.2) is 48.5 Å². The van der Waals surface area contributed by atoms with E-state index < -0.39 is 0 Å². The molecule has 0 amide bonds. The number of aromatic nitrogens is 1. The summed E-state index contributed by atoms with van der Waals surface area (Å²) in [7, 11) is 1.70. The van der Waals surface area contributed by atoms with Crippen molar-refractivity contribution in [3.8, 4) is 22.8 Å². The number of aryl methyl sites for hydroxylation is 1. The van der Waals surface area contributed by atoms with E-state index in [1.54, 1.807) is 7.11 Å². The molecule has 0 atom stereocenters. The summed E-state index contributed by atoms with van der Waals surface area (Å²) in [6, 6.07) is 16.7. The molecule has 1 aromatic heterocycles. The molecule has 4 heteroatoms. The van der Waals surface area contributed by atoms with Crippen molar-refractivity contribution in [2.24, 2.45) is 0 Å². The number of benzene rings is 2. The van der Waals surface area contributed by atoms with Crippen molar-refractivity contribution in [3.63, 3.8) is 0 Å². The molecule has 120 valence electrons. The molecule has 0 unspecified atom stereocenters. The van der Waals surface area contributed by atoms with Gasteiger partial charge in [-0.05, 0) is 55.0 Å². The summed E-state index contributed by atoms with van der Waals surface area (Å²) >= 11 is 3.37. The first-order chi connectivity index (χ1) is 11.3. The van der Waals surface area contributed by atoms with Crippen LogP contribution in [-0.2, 0) is 6.54 Å². The summed E-state index contributed by atoms with van der Waals surface area (Å²) in [6.07, 6.45) is 0. The zero-order valence-electron chi connectivity index (χ0n) is 13.4.